The van der Waals surface area contributed by atoms with E-state index in [0.717, 1.165) is 28.1 Å². The lowest BCUT2D eigenvalue weighted by Crippen LogP contribution is -2.31. The second-order valence-corrected chi connectivity index (χ2v) is 7.08. The molecule has 0 spiro atoms. The molecule has 6 nitrogen and oxygen atoms in total. The van der Waals surface area contributed by atoms with Crippen LogP contribution < -0.4 is 15.6 Å². The maximum Gasteiger partial charge on any atom is 0.255 e. The second kappa shape index (κ2) is 6.44. The van der Waals surface area contributed by atoms with Crippen molar-refractivity contribution in [1.82, 2.24) is 15.3 Å². The van der Waals surface area contributed by atoms with Gasteiger partial charge >= 0.3 is 0 Å². The van der Waals surface area contributed by atoms with Crippen molar-refractivity contribution >= 4 is 27.5 Å². The molecule has 0 bridgehead atoms. The Morgan fingerprint density at radius 3 is 2.81 bits per heavy atom. The van der Waals surface area contributed by atoms with Gasteiger partial charge in [0.05, 0.1) is 6.04 Å². The highest BCUT2D eigenvalue weighted by Crippen LogP contribution is 2.31. The van der Waals surface area contributed by atoms with E-state index >= 15 is 0 Å². The van der Waals surface area contributed by atoms with Gasteiger partial charge in [0.25, 0.3) is 5.56 Å². The lowest BCUT2D eigenvalue weighted by Gasteiger charge is -2.14. The van der Waals surface area contributed by atoms with Gasteiger partial charge in [-0.3, -0.25) is 9.59 Å². The van der Waals surface area contributed by atoms with Gasteiger partial charge < -0.3 is 15.0 Å². The van der Waals surface area contributed by atoms with E-state index in [1.807, 2.05) is 18.2 Å². The predicted molar refractivity (Wildman–Crippen MR) is 101 cm³/mol. The molecule has 0 radical (unpaired) electrons. The van der Waals surface area contributed by atoms with E-state index in [0.29, 0.717) is 24.3 Å². The molecule has 1 atom stereocenters. The van der Waals surface area contributed by atoms with E-state index < -0.39 is 0 Å². The number of H-pyrrole nitrogens is 1. The molecule has 0 saturated carbocycles. The summed E-state index contributed by atoms with van der Waals surface area (Å²) in [6.07, 6.45) is 4.78. The molecule has 1 aromatic carbocycles. The second-order valence-electron chi connectivity index (χ2n) is 7.08. The van der Waals surface area contributed by atoms with Gasteiger partial charge in [0.15, 0.2) is 0 Å². The van der Waals surface area contributed by atoms with Gasteiger partial charge in [-0.25, -0.2) is 4.98 Å². The molecule has 0 aliphatic carbocycles. The van der Waals surface area contributed by atoms with Crippen molar-refractivity contribution in [2.75, 3.05) is 6.61 Å². The van der Waals surface area contributed by atoms with Gasteiger partial charge in [-0.2, -0.15) is 0 Å². The smallest absolute Gasteiger partial charge is 0.255 e. The number of pyridine rings is 2. The lowest BCUT2D eigenvalue weighted by atomic mass is 9.96. The normalized spacial score (nSPS) is 17.2. The molecule has 1 amide bonds. The van der Waals surface area contributed by atoms with Crippen LogP contribution >= 0.6 is 0 Å². The van der Waals surface area contributed by atoms with E-state index in [4.69, 9.17) is 4.74 Å². The van der Waals surface area contributed by atoms with Gasteiger partial charge in [0.1, 0.15) is 6.61 Å². The number of amides is 1. The third-order valence-corrected chi connectivity index (χ3v) is 4.91. The Kier molecular flexibility index (Phi) is 4.11. The number of aromatic amines is 1. The molecular formula is C20H21N3O3. The van der Waals surface area contributed by atoms with E-state index in [9.17, 15) is 9.59 Å². The monoisotopic (exact) mass is 351 g/mol. The van der Waals surface area contributed by atoms with Crippen LogP contribution in [0.25, 0.3) is 21.5 Å². The molecule has 1 aliphatic rings. The highest BCUT2D eigenvalue weighted by atomic mass is 16.5. The molecule has 6 heteroatoms. The zero-order valence-corrected chi connectivity index (χ0v) is 14.8. The minimum absolute atomic E-state index is 0.0223. The molecule has 26 heavy (non-hydrogen) atoms. The van der Waals surface area contributed by atoms with Crippen LogP contribution in [-0.4, -0.2) is 28.5 Å². The Bertz CT molecular complexity index is 1060. The molecule has 1 unspecified atom stereocenters. The summed E-state index contributed by atoms with van der Waals surface area (Å²) in [5.41, 5.74) is 0.985. The molecule has 2 N–H and O–H groups in total. The number of hydrogen-bond donors (Lipinski definition) is 2. The summed E-state index contributed by atoms with van der Waals surface area (Å²) >= 11 is 0. The minimum Gasteiger partial charge on any atom is -0.475 e. The van der Waals surface area contributed by atoms with E-state index in [-0.39, 0.29) is 23.4 Å². The van der Waals surface area contributed by atoms with Crippen LogP contribution in [0.2, 0.25) is 0 Å². The Morgan fingerprint density at radius 2 is 2.08 bits per heavy atom. The average molecular weight is 351 g/mol. The largest absolute Gasteiger partial charge is 0.475 e. The fourth-order valence-corrected chi connectivity index (χ4v) is 3.49. The zero-order valence-electron chi connectivity index (χ0n) is 14.8. The molecule has 4 rings (SSSR count). The number of carbonyl (C=O) groups is 1. The van der Waals surface area contributed by atoms with Gasteiger partial charge in [0.2, 0.25) is 11.8 Å². The third kappa shape index (κ3) is 2.92. The first-order valence-corrected chi connectivity index (χ1v) is 8.89. The van der Waals surface area contributed by atoms with Gasteiger partial charge in [-0.05, 0) is 46.9 Å². The van der Waals surface area contributed by atoms with Crippen molar-refractivity contribution < 1.29 is 9.53 Å². The van der Waals surface area contributed by atoms with Crippen molar-refractivity contribution in [2.45, 2.75) is 38.6 Å². The summed E-state index contributed by atoms with van der Waals surface area (Å²) in [6.45, 7) is 4.59. The molecule has 1 aliphatic heterocycles. The van der Waals surface area contributed by atoms with Crippen molar-refractivity contribution in [3.63, 3.8) is 0 Å². The number of ether oxygens (including phenoxy) is 1. The van der Waals surface area contributed by atoms with Crippen LogP contribution in [-0.2, 0) is 4.79 Å². The summed E-state index contributed by atoms with van der Waals surface area (Å²) in [6, 6.07) is 5.78. The highest BCUT2D eigenvalue weighted by molar-refractivity contribution is 6.01. The summed E-state index contributed by atoms with van der Waals surface area (Å²) in [5, 5.41) is 6.26. The van der Waals surface area contributed by atoms with Gasteiger partial charge in [-0.15, -0.1) is 0 Å². The van der Waals surface area contributed by atoms with Gasteiger partial charge in [-0.1, -0.05) is 13.8 Å². The Balaban J connectivity index is 1.79. The van der Waals surface area contributed by atoms with E-state index in [2.05, 4.69) is 29.1 Å². The van der Waals surface area contributed by atoms with Crippen LogP contribution in [0.3, 0.4) is 0 Å². The first kappa shape index (κ1) is 16.6. The molecule has 134 valence electrons. The molecule has 1 fully saturated rings. The fraction of sp³-hybridized carbons (Fsp3) is 0.350. The van der Waals surface area contributed by atoms with Crippen molar-refractivity contribution in [3.05, 3.63) is 46.5 Å². The summed E-state index contributed by atoms with van der Waals surface area (Å²) in [7, 11) is 0. The summed E-state index contributed by atoms with van der Waals surface area (Å²) in [5.74, 6) is 0.873. The number of hydrogen-bond acceptors (Lipinski definition) is 4. The van der Waals surface area contributed by atoms with Crippen LogP contribution in [0.1, 0.15) is 38.2 Å². The summed E-state index contributed by atoms with van der Waals surface area (Å²) < 4.78 is 5.92. The van der Waals surface area contributed by atoms with Crippen LogP contribution in [0.15, 0.2) is 35.4 Å². The standard InChI is InChI=1S/C20H21N3O3/c1-11(2)17-9-22-19(25)16-7-12-5-6-21-20(14(12)8-15(16)17)26-10-13-3-4-18(24)23-13/h5-9,11,13H,3-4,10H2,1-2H3,(H,22,25)(H,23,24). The number of aromatic nitrogens is 2. The maximum absolute atomic E-state index is 12.3. The van der Waals surface area contributed by atoms with Crippen LogP contribution in [0.5, 0.6) is 5.88 Å². The van der Waals surface area contributed by atoms with Crippen molar-refractivity contribution in [2.24, 2.45) is 0 Å². The van der Waals surface area contributed by atoms with Crippen molar-refractivity contribution in [1.29, 1.82) is 0 Å². The Morgan fingerprint density at radius 1 is 1.23 bits per heavy atom. The Hall–Kier alpha value is -2.89. The number of rotatable bonds is 4. The molecule has 3 heterocycles. The number of nitrogens with one attached hydrogen (secondary N) is 2. The average Bonchev–Trinajstić information content (AvgIpc) is 3.04. The Labute approximate surface area is 150 Å². The molecular weight excluding hydrogens is 330 g/mol. The van der Waals surface area contributed by atoms with Gasteiger partial charge in [0, 0.05) is 29.6 Å². The predicted octanol–water partition coefficient (Wildman–Crippen LogP) is 2.86. The first-order chi connectivity index (χ1) is 12.5. The lowest BCUT2D eigenvalue weighted by molar-refractivity contribution is -0.119. The minimum atomic E-state index is -0.0979. The van der Waals surface area contributed by atoms with E-state index in [1.54, 1.807) is 12.4 Å². The quantitative estimate of drug-likeness (QED) is 0.708. The maximum atomic E-state index is 12.3. The number of benzene rings is 1. The fourth-order valence-electron chi connectivity index (χ4n) is 3.49. The highest BCUT2D eigenvalue weighted by Gasteiger charge is 2.21. The SMILES string of the molecule is CC(C)c1c[nH]c(=O)c2cc3ccnc(OCC4CCC(=O)N4)c3cc12. The third-order valence-electron chi connectivity index (χ3n) is 4.91. The topological polar surface area (TPSA) is 84.1 Å². The summed E-state index contributed by atoms with van der Waals surface area (Å²) in [4.78, 5) is 30.8. The number of nitrogens with zero attached hydrogens (tertiary/aromatic N) is 1. The van der Waals surface area contributed by atoms with E-state index in [1.165, 1.54) is 0 Å². The molecule has 2 aromatic heterocycles. The molecule has 1 saturated heterocycles. The first-order valence-electron chi connectivity index (χ1n) is 8.89. The number of fused-ring (bicyclic) bond motifs is 2. The van der Waals surface area contributed by atoms with Crippen molar-refractivity contribution in [3.8, 4) is 5.88 Å². The number of carbonyl (C=O) groups excluding carboxylic acids is 1. The van der Waals surface area contributed by atoms with Crippen LogP contribution in [0, 0.1) is 0 Å². The molecule has 3 aromatic rings. The van der Waals surface area contributed by atoms with Crippen LogP contribution in [0.4, 0.5) is 0 Å². The zero-order chi connectivity index (χ0) is 18.3.